The van der Waals surface area contributed by atoms with Crippen molar-refractivity contribution in [2.45, 2.75) is 40.0 Å². The Hall–Kier alpha value is -3.60. The van der Waals surface area contributed by atoms with Crippen LogP contribution in [-0.4, -0.2) is 26.2 Å². The summed E-state index contributed by atoms with van der Waals surface area (Å²) in [4.78, 5) is 21.9. The minimum atomic E-state index is -0.346. The van der Waals surface area contributed by atoms with E-state index < -0.39 is 0 Å². The fraction of sp³-hybridized carbons (Fsp3) is 0.286. The van der Waals surface area contributed by atoms with Crippen molar-refractivity contribution in [1.29, 1.82) is 0 Å². The first-order chi connectivity index (χ1) is 15.6. The third-order valence-corrected chi connectivity index (χ3v) is 5.51. The Morgan fingerprint density at radius 3 is 1.67 bits per heavy atom. The minimum absolute atomic E-state index is 0.191. The van der Waals surface area contributed by atoms with Crippen LogP contribution in [0.4, 0.5) is 0 Å². The summed E-state index contributed by atoms with van der Waals surface area (Å²) >= 11 is 0. The van der Waals surface area contributed by atoms with Crippen LogP contribution in [0, 0.1) is 13.8 Å². The van der Waals surface area contributed by atoms with Gasteiger partial charge in [-0.25, -0.2) is 4.79 Å². The van der Waals surface area contributed by atoms with E-state index in [9.17, 15) is 9.59 Å². The van der Waals surface area contributed by atoms with Crippen LogP contribution in [0.5, 0.6) is 11.5 Å². The molecule has 0 aliphatic carbocycles. The lowest BCUT2D eigenvalue weighted by Crippen LogP contribution is -2.19. The summed E-state index contributed by atoms with van der Waals surface area (Å²) < 4.78 is 15.1. The van der Waals surface area contributed by atoms with Crippen LogP contribution in [0.25, 0.3) is 0 Å². The number of benzene rings is 3. The first kappa shape index (κ1) is 25.7. The Morgan fingerprint density at radius 1 is 0.758 bits per heavy atom. The molecule has 0 aliphatic rings. The predicted molar refractivity (Wildman–Crippen MR) is 130 cm³/mol. The molecule has 3 aromatic carbocycles. The van der Waals surface area contributed by atoms with Gasteiger partial charge in [-0.1, -0.05) is 56.3 Å². The van der Waals surface area contributed by atoms with Gasteiger partial charge in [0, 0.05) is 12.3 Å². The molecule has 0 radical (unpaired) electrons. The Balaban J connectivity index is 0.000000696. The molecule has 0 fully saturated rings. The van der Waals surface area contributed by atoms with Crippen molar-refractivity contribution in [3.05, 3.63) is 94.5 Å². The van der Waals surface area contributed by atoms with Gasteiger partial charge in [-0.3, -0.25) is 4.79 Å². The summed E-state index contributed by atoms with van der Waals surface area (Å²) in [6.45, 7) is 9.76. The van der Waals surface area contributed by atoms with Gasteiger partial charge >= 0.3 is 11.9 Å². The molecule has 0 amide bonds. The van der Waals surface area contributed by atoms with Gasteiger partial charge in [0.25, 0.3) is 0 Å². The number of hydrogen-bond acceptors (Lipinski definition) is 5. The monoisotopic (exact) mass is 448 g/mol. The predicted octanol–water partition coefficient (Wildman–Crippen LogP) is 6.04. The van der Waals surface area contributed by atoms with E-state index in [1.807, 2.05) is 43.3 Å². The van der Waals surface area contributed by atoms with E-state index in [1.54, 1.807) is 19.2 Å². The Kier molecular flexibility index (Phi) is 8.80. The van der Waals surface area contributed by atoms with Crippen LogP contribution in [0.2, 0.25) is 0 Å². The minimum Gasteiger partial charge on any atom is -0.496 e. The number of methoxy groups -OCH3 is 2. The Bertz CT molecular complexity index is 1100. The third kappa shape index (κ3) is 6.69. The smallest absolute Gasteiger partial charge is 0.343 e. The lowest BCUT2D eigenvalue weighted by atomic mass is 9.77. The molecular formula is C28H32O5. The first-order valence-electron chi connectivity index (χ1n) is 10.7. The number of ether oxygens (including phenoxy) is 3. The molecule has 0 heterocycles. The van der Waals surface area contributed by atoms with E-state index in [0.29, 0.717) is 11.3 Å². The second-order valence-electron chi connectivity index (χ2n) is 8.24. The molecule has 3 rings (SSSR count). The maximum absolute atomic E-state index is 12.3. The average molecular weight is 449 g/mol. The molecule has 0 saturated heterocycles. The largest absolute Gasteiger partial charge is 0.496 e. The van der Waals surface area contributed by atoms with Gasteiger partial charge in [-0.05, 0) is 60.4 Å². The van der Waals surface area contributed by atoms with Crippen LogP contribution in [0.1, 0.15) is 53.4 Å². The third-order valence-electron chi connectivity index (χ3n) is 5.51. The van der Waals surface area contributed by atoms with Gasteiger partial charge in [0.15, 0.2) is 0 Å². The molecule has 0 unspecified atom stereocenters. The molecule has 5 heteroatoms. The molecule has 0 bridgehead atoms. The lowest BCUT2D eigenvalue weighted by molar-refractivity contribution is -0.137. The van der Waals surface area contributed by atoms with E-state index in [2.05, 4.69) is 43.7 Å². The second-order valence-corrected chi connectivity index (χ2v) is 8.24. The molecule has 5 nitrogen and oxygen atoms in total. The van der Waals surface area contributed by atoms with Crippen molar-refractivity contribution in [3.8, 4) is 11.5 Å². The summed E-state index contributed by atoms with van der Waals surface area (Å²) in [5.74, 6) is 0.879. The number of rotatable bonds is 5. The van der Waals surface area contributed by atoms with Crippen LogP contribution < -0.4 is 9.47 Å². The van der Waals surface area contributed by atoms with Gasteiger partial charge in [0.05, 0.1) is 19.8 Å². The van der Waals surface area contributed by atoms with Crippen LogP contribution in [0.3, 0.4) is 0 Å². The summed E-state index contributed by atoms with van der Waals surface area (Å²) in [6.07, 6.45) is 0. The van der Waals surface area contributed by atoms with Crippen LogP contribution >= 0.6 is 0 Å². The van der Waals surface area contributed by atoms with E-state index in [-0.39, 0.29) is 17.4 Å². The zero-order chi connectivity index (χ0) is 24.6. The molecule has 33 heavy (non-hydrogen) atoms. The van der Waals surface area contributed by atoms with Crippen molar-refractivity contribution in [1.82, 2.24) is 0 Å². The van der Waals surface area contributed by atoms with E-state index >= 15 is 0 Å². The Labute approximate surface area is 196 Å². The average Bonchev–Trinajstić information content (AvgIpc) is 2.81. The molecule has 0 aliphatic heterocycles. The first-order valence-corrected chi connectivity index (χ1v) is 10.7. The maximum Gasteiger partial charge on any atom is 0.343 e. The number of carbonyl (C=O) groups is 2. The maximum atomic E-state index is 12.3. The number of hydrogen-bond donors (Lipinski definition) is 0. The highest BCUT2D eigenvalue weighted by molar-refractivity contribution is 5.91. The summed E-state index contributed by atoms with van der Waals surface area (Å²) in [5.41, 5.74) is 4.76. The summed E-state index contributed by atoms with van der Waals surface area (Å²) in [6, 6.07) is 21.3. The molecule has 0 atom stereocenters. The summed E-state index contributed by atoms with van der Waals surface area (Å²) in [5, 5.41) is 0. The topological polar surface area (TPSA) is 61.8 Å². The van der Waals surface area contributed by atoms with Crippen molar-refractivity contribution in [2.24, 2.45) is 0 Å². The van der Waals surface area contributed by atoms with Crippen molar-refractivity contribution >= 4 is 11.9 Å². The Morgan fingerprint density at radius 2 is 1.24 bits per heavy atom. The number of esters is 2. The molecule has 0 saturated carbocycles. The highest BCUT2D eigenvalue weighted by atomic mass is 16.5. The van der Waals surface area contributed by atoms with Gasteiger partial charge < -0.3 is 14.2 Å². The molecule has 0 spiro atoms. The molecule has 0 N–H and O–H groups in total. The molecule has 174 valence electrons. The standard InChI is InChI=1S/C25H26O3.C3H6O2/c1-17-15-20(11-13-22(17)27-5)25(3,4)21-12-14-23(18(2)16-21)28-24(26)19-9-7-6-8-10-19;1-3(4)5-2/h6-16H,1-5H3;1-2H3. The fourth-order valence-corrected chi connectivity index (χ4v) is 3.32. The molecule has 3 aromatic rings. The highest BCUT2D eigenvalue weighted by Gasteiger charge is 2.25. The van der Waals surface area contributed by atoms with Gasteiger partial charge in [-0.2, -0.15) is 0 Å². The van der Waals surface area contributed by atoms with Crippen molar-refractivity contribution in [2.75, 3.05) is 14.2 Å². The fourth-order valence-electron chi connectivity index (χ4n) is 3.32. The molecular weight excluding hydrogens is 416 g/mol. The number of carbonyl (C=O) groups excluding carboxylic acids is 2. The normalized spacial score (nSPS) is 10.5. The SMILES string of the molecule is COC(C)=O.COc1ccc(C(C)(C)c2ccc(OC(=O)c3ccccc3)c(C)c2)cc1C. The van der Waals surface area contributed by atoms with Crippen molar-refractivity contribution in [3.63, 3.8) is 0 Å². The zero-order valence-electron chi connectivity index (χ0n) is 20.4. The van der Waals surface area contributed by atoms with E-state index in [4.69, 9.17) is 9.47 Å². The van der Waals surface area contributed by atoms with E-state index in [1.165, 1.54) is 19.6 Å². The van der Waals surface area contributed by atoms with Gasteiger partial charge in [-0.15, -0.1) is 0 Å². The zero-order valence-corrected chi connectivity index (χ0v) is 20.4. The quantitative estimate of drug-likeness (QED) is 0.352. The van der Waals surface area contributed by atoms with E-state index in [0.717, 1.165) is 22.4 Å². The second kappa shape index (κ2) is 11.3. The molecule has 0 aromatic heterocycles. The summed E-state index contributed by atoms with van der Waals surface area (Å²) in [7, 11) is 3.04. The van der Waals surface area contributed by atoms with Crippen LogP contribution in [0.15, 0.2) is 66.7 Å². The van der Waals surface area contributed by atoms with Crippen LogP contribution in [-0.2, 0) is 14.9 Å². The lowest BCUT2D eigenvalue weighted by Gasteiger charge is -2.27. The van der Waals surface area contributed by atoms with Gasteiger partial charge in [0.2, 0.25) is 0 Å². The van der Waals surface area contributed by atoms with Crippen molar-refractivity contribution < 1.29 is 23.8 Å². The number of aryl methyl sites for hydroxylation is 2. The van der Waals surface area contributed by atoms with Gasteiger partial charge in [0.1, 0.15) is 11.5 Å². The highest BCUT2D eigenvalue weighted by Crippen LogP contribution is 2.35.